The lowest BCUT2D eigenvalue weighted by molar-refractivity contribution is -0.275. The predicted molar refractivity (Wildman–Crippen MR) is 85.0 cm³/mol. The summed E-state index contributed by atoms with van der Waals surface area (Å²) < 4.78 is 12.5. The van der Waals surface area contributed by atoms with Crippen molar-refractivity contribution in [1.82, 2.24) is 0 Å². The van der Waals surface area contributed by atoms with E-state index in [0.717, 1.165) is 25.0 Å². The van der Waals surface area contributed by atoms with E-state index in [9.17, 15) is 0 Å². The summed E-state index contributed by atoms with van der Waals surface area (Å²) in [5, 5.41) is 0. The summed E-state index contributed by atoms with van der Waals surface area (Å²) in [6, 6.07) is 10.3. The molecule has 0 N–H and O–H groups in total. The Morgan fingerprint density at radius 2 is 2.05 bits per heavy atom. The normalized spacial score (nSPS) is 33.0. The third-order valence-corrected chi connectivity index (χ3v) is 5.05. The van der Waals surface area contributed by atoms with Crippen LogP contribution < -0.4 is 0 Å². The maximum atomic E-state index is 6.40. The van der Waals surface area contributed by atoms with E-state index in [4.69, 9.17) is 9.47 Å². The minimum absolute atomic E-state index is 0.189. The fraction of sp³-hybridized carbons (Fsp3) is 0.579. The number of hydrogen-bond acceptors (Lipinski definition) is 2. The largest absolute Gasteiger partial charge is 0.348 e. The first kappa shape index (κ1) is 14.8. The van der Waals surface area contributed by atoms with Crippen LogP contribution in [0.1, 0.15) is 56.8 Å². The molecule has 2 heteroatoms. The lowest BCUT2D eigenvalue weighted by Gasteiger charge is -2.46. The summed E-state index contributed by atoms with van der Waals surface area (Å²) in [6.45, 7) is 4.71. The number of benzene rings is 1. The van der Waals surface area contributed by atoms with Gasteiger partial charge in [-0.15, -0.1) is 6.58 Å². The molecule has 0 aromatic heterocycles. The van der Waals surface area contributed by atoms with Crippen LogP contribution in [0.25, 0.3) is 0 Å². The van der Waals surface area contributed by atoms with Gasteiger partial charge in [0.05, 0.1) is 12.7 Å². The Bertz CT molecular complexity index is 456. The molecule has 21 heavy (non-hydrogen) atoms. The highest BCUT2D eigenvalue weighted by molar-refractivity contribution is 5.16. The molecule has 0 spiro atoms. The number of rotatable bonds is 4. The van der Waals surface area contributed by atoms with E-state index in [1.165, 1.54) is 32.1 Å². The van der Waals surface area contributed by atoms with Crippen LogP contribution in [0.5, 0.6) is 0 Å². The van der Waals surface area contributed by atoms with Gasteiger partial charge in [-0.2, -0.15) is 0 Å². The van der Waals surface area contributed by atoms with E-state index in [2.05, 4.69) is 30.8 Å². The smallest absolute Gasteiger partial charge is 0.184 e. The molecule has 1 aliphatic carbocycles. The zero-order valence-electron chi connectivity index (χ0n) is 12.8. The first-order valence-electron chi connectivity index (χ1n) is 8.27. The molecule has 0 unspecified atom stereocenters. The first-order valence-corrected chi connectivity index (χ1v) is 8.27. The highest BCUT2D eigenvalue weighted by atomic mass is 16.7. The highest BCUT2D eigenvalue weighted by Crippen LogP contribution is 2.47. The van der Waals surface area contributed by atoms with Crippen molar-refractivity contribution in [3.63, 3.8) is 0 Å². The SMILES string of the molecule is C=CCC[C@@]12CCCCC[C@@H]1O[C@H](c1ccccc1)OC2. The molecule has 2 fully saturated rings. The fourth-order valence-corrected chi connectivity index (χ4v) is 3.79. The van der Waals surface area contributed by atoms with Crippen LogP contribution in [0.4, 0.5) is 0 Å². The van der Waals surface area contributed by atoms with Crippen molar-refractivity contribution < 1.29 is 9.47 Å². The van der Waals surface area contributed by atoms with Crippen molar-refractivity contribution >= 4 is 0 Å². The third-order valence-electron chi connectivity index (χ3n) is 5.05. The molecule has 3 rings (SSSR count). The zero-order valence-corrected chi connectivity index (χ0v) is 12.8. The molecule has 2 aliphatic rings. The van der Waals surface area contributed by atoms with Gasteiger partial charge in [0, 0.05) is 11.0 Å². The molecule has 1 saturated heterocycles. The lowest BCUT2D eigenvalue weighted by Crippen LogP contribution is -2.46. The van der Waals surface area contributed by atoms with Crippen LogP contribution in [0.3, 0.4) is 0 Å². The van der Waals surface area contributed by atoms with Crippen LogP contribution >= 0.6 is 0 Å². The molecule has 0 radical (unpaired) electrons. The Kier molecular flexibility index (Phi) is 4.77. The molecule has 1 saturated carbocycles. The Morgan fingerprint density at radius 1 is 1.19 bits per heavy atom. The van der Waals surface area contributed by atoms with Gasteiger partial charge >= 0.3 is 0 Å². The van der Waals surface area contributed by atoms with Gasteiger partial charge < -0.3 is 9.47 Å². The zero-order chi connectivity index (χ0) is 14.5. The predicted octanol–water partition coefficient (Wildman–Crippen LogP) is 5.02. The van der Waals surface area contributed by atoms with Crippen molar-refractivity contribution in [3.05, 3.63) is 48.6 Å². The molecular formula is C19H26O2. The Balaban J connectivity index is 1.77. The van der Waals surface area contributed by atoms with Crippen molar-refractivity contribution in [2.24, 2.45) is 5.41 Å². The fourth-order valence-electron chi connectivity index (χ4n) is 3.79. The van der Waals surface area contributed by atoms with Crippen LogP contribution in [-0.2, 0) is 9.47 Å². The lowest BCUT2D eigenvalue weighted by atomic mass is 9.74. The van der Waals surface area contributed by atoms with Gasteiger partial charge in [-0.3, -0.25) is 0 Å². The third kappa shape index (κ3) is 3.22. The minimum Gasteiger partial charge on any atom is -0.348 e. The second-order valence-corrected chi connectivity index (χ2v) is 6.47. The van der Waals surface area contributed by atoms with Crippen LogP contribution in [0.15, 0.2) is 43.0 Å². The van der Waals surface area contributed by atoms with E-state index in [0.29, 0.717) is 6.10 Å². The van der Waals surface area contributed by atoms with Crippen LogP contribution in [0, 0.1) is 5.41 Å². The van der Waals surface area contributed by atoms with E-state index in [-0.39, 0.29) is 11.7 Å². The summed E-state index contributed by atoms with van der Waals surface area (Å²) in [5.74, 6) is 0. The Labute approximate surface area is 128 Å². The second kappa shape index (κ2) is 6.76. The average Bonchev–Trinajstić information content (AvgIpc) is 2.75. The average molecular weight is 286 g/mol. The number of allylic oxidation sites excluding steroid dienone is 1. The van der Waals surface area contributed by atoms with Gasteiger partial charge in [0.1, 0.15) is 0 Å². The van der Waals surface area contributed by atoms with Crippen LogP contribution in [-0.4, -0.2) is 12.7 Å². The quantitative estimate of drug-likeness (QED) is 0.724. The first-order chi connectivity index (χ1) is 10.3. The Hall–Kier alpha value is -1.12. The van der Waals surface area contributed by atoms with Gasteiger partial charge in [-0.25, -0.2) is 0 Å². The molecule has 0 amide bonds. The summed E-state index contributed by atoms with van der Waals surface area (Å²) in [4.78, 5) is 0. The molecule has 2 nitrogen and oxygen atoms in total. The molecule has 1 aromatic carbocycles. The van der Waals surface area contributed by atoms with Gasteiger partial charge in [0.15, 0.2) is 6.29 Å². The van der Waals surface area contributed by atoms with Crippen molar-refractivity contribution in [1.29, 1.82) is 0 Å². The van der Waals surface area contributed by atoms with Gasteiger partial charge in [-0.05, 0) is 25.7 Å². The molecule has 1 aliphatic heterocycles. The van der Waals surface area contributed by atoms with Crippen molar-refractivity contribution in [2.45, 2.75) is 57.3 Å². The molecular weight excluding hydrogens is 260 g/mol. The molecule has 3 atom stereocenters. The van der Waals surface area contributed by atoms with E-state index >= 15 is 0 Å². The van der Waals surface area contributed by atoms with Crippen molar-refractivity contribution in [2.75, 3.05) is 6.61 Å². The standard InChI is InChI=1S/C19H26O2/c1-2-3-13-19-14-9-5-8-12-17(19)21-18(20-15-19)16-10-6-4-7-11-16/h2,4,6-7,10-11,17-18H,1,3,5,8-9,12-15H2/t17-,18+,19-/m0/s1. The second-order valence-electron chi connectivity index (χ2n) is 6.47. The molecule has 1 aromatic rings. The number of hydrogen-bond donors (Lipinski definition) is 0. The maximum Gasteiger partial charge on any atom is 0.184 e. The molecule has 114 valence electrons. The summed E-state index contributed by atoms with van der Waals surface area (Å²) in [7, 11) is 0. The summed E-state index contributed by atoms with van der Waals surface area (Å²) in [5.41, 5.74) is 1.34. The van der Waals surface area contributed by atoms with Gasteiger partial charge in [0.25, 0.3) is 0 Å². The maximum absolute atomic E-state index is 6.40. The molecule has 1 heterocycles. The molecule has 0 bridgehead atoms. The monoisotopic (exact) mass is 286 g/mol. The van der Waals surface area contributed by atoms with Crippen LogP contribution in [0.2, 0.25) is 0 Å². The minimum atomic E-state index is -0.189. The topological polar surface area (TPSA) is 18.5 Å². The van der Waals surface area contributed by atoms with E-state index in [1.54, 1.807) is 0 Å². The van der Waals surface area contributed by atoms with E-state index < -0.39 is 0 Å². The summed E-state index contributed by atoms with van der Waals surface area (Å²) >= 11 is 0. The Morgan fingerprint density at radius 3 is 2.86 bits per heavy atom. The summed E-state index contributed by atoms with van der Waals surface area (Å²) in [6.07, 6.45) is 10.7. The number of ether oxygens (including phenoxy) is 2. The number of fused-ring (bicyclic) bond motifs is 1. The van der Waals surface area contributed by atoms with Crippen molar-refractivity contribution in [3.8, 4) is 0 Å². The van der Waals surface area contributed by atoms with Gasteiger partial charge in [-0.1, -0.05) is 55.7 Å². The van der Waals surface area contributed by atoms with Gasteiger partial charge in [0.2, 0.25) is 0 Å². The van der Waals surface area contributed by atoms with E-state index in [1.807, 2.05) is 12.1 Å². The highest BCUT2D eigenvalue weighted by Gasteiger charge is 2.45.